The van der Waals surface area contributed by atoms with Gasteiger partial charge in [-0.15, -0.1) is 0 Å². The highest BCUT2D eigenvalue weighted by Gasteiger charge is 2.26. The summed E-state index contributed by atoms with van der Waals surface area (Å²) in [6.45, 7) is 1.20. The zero-order chi connectivity index (χ0) is 21.7. The minimum absolute atomic E-state index is 0.0517. The molecular formula is C21H17ClF2N2O4. The molecule has 1 amide bonds. The summed E-state index contributed by atoms with van der Waals surface area (Å²) in [5.74, 6) is -2.33. The van der Waals surface area contributed by atoms with Crippen molar-refractivity contribution >= 4 is 23.5 Å². The van der Waals surface area contributed by atoms with Crippen molar-refractivity contribution in [1.82, 2.24) is 10.5 Å². The number of nitrogens with zero attached hydrogens (tertiary/aromatic N) is 1. The van der Waals surface area contributed by atoms with E-state index in [1.165, 1.54) is 37.3 Å². The number of esters is 1. The molecule has 30 heavy (non-hydrogen) atoms. The molecule has 0 saturated heterocycles. The third kappa shape index (κ3) is 5.01. The molecule has 3 aromatic rings. The average Bonchev–Trinajstić information content (AvgIpc) is 3.08. The Hall–Kier alpha value is -3.26. The molecule has 0 atom stereocenters. The van der Waals surface area contributed by atoms with Crippen molar-refractivity contribution in [3.63, 3.8) is 0 Å². The summed E-state index contributed by atoms with van der Waals surface area (Å²) >= 11 is 6.04. The van der Waals surface area contributed by atoms with Crippen LogP contribution in [0.4, 0.5) is 8.78 Å². The number of carbonyl (C=O) groups is 2. The maximum Gasteiger partial charge on any atom is 0.344 e. The van der Waals surface area contributed by atoms with Crippen molar-refractivity contribution < 1.29 is 27.6 Å². The Labute approximate surface area is 175 Å². The number of aromatic nitrogens is 1. The van der Waals surface area contributed by atoms with Crippen LogP contribution in [0.2, 0.25) is 5.02 Å². The van der Waals surface area contributed by atoms with Crippen molar-refractivity contribution in [2.75, 3.05) is 13.2 Å². The summed E-state index contributed by atoms with van der Waals surface area (Å²) < 4.78 is 37.1. The first kappa shape index (κ1) is 21.4. The largest absolute Gasteiger partial charge is 0.452 e. The minimum atomic E-state index is -0.892. The quantitative estimate of drug-likeness (QED) is 0.566. The zero-order valence-corrected chi connectivity index (χ0v) is 16.6. The molecule has 0 fully saturated rings. The molecule has 0 spiro atoms. The molecule has 6 nitrogen and oxygen atoms in total. The lowest BCUT2D eigenvalue weighted by atomic mass is 10.1. The van der Waals surface area contributed by atoms with Gasteiger partial charge < -0.3 is 14.6 Å². The summed E-state index contributed by atoms with van der Waals surface area (Å²) in [6, 6.07) is 9.95. The van der Waals surface area contributed by atoms with E-state index in [2.05, 4.69) is 10.5 Å². The van der Waals surface area contributed by atoms with Gasteiger partial charge in [-0.3, -0.25) is 4.79 Å². The number of hydrogen-bond acceptors (Lipinski definition) is 5. The van der Waals surface area contributed by atoms with E-state index in [9.17, 15) is 18.4 Å². The van der Waals surface area contributed by atoms with Crippen LogP contribution in [-0.2, 0) is 16.0 Å². The van der Waals surface area contributed by atoms with Crippen molar-refractivity contribution in [1.29, 1.82) is 0 Å². The van der Waals surface area contributed by atoms with Crippen LogP contribution in [0, 0.1) is 18.6 Å². The monoisotopic (exact) mass is 434 g/mol. The number of amides is 1. The molecule has 0 unspecified atom stereocenters. The van der Waals surface area contributed by atoms with Crippen molar-refractivity contribution in [2.24, 2.45) is 0 Å². The van der Waals surface area contributed by atoms with Crippen LogP contribution in [-0.4, -0.2) is 30.2 Å². The third-order valence-corrected chi connectivity index (χ3v) is 4.56. The number of rotatable bonds is 7. The third-order valence-electron chi connectivity index (χ3n) is 4.25. The van der Waals surface area contributed by atoms with Crippen LogP contribution in [0.5, 0.6) is 0 Å². The van der Waals surface area contributed by atoms with E-state index in [4.69, 9.17) is 20.9 Å². The van der Waals surface area contributed by atoms with Crippen LogP contribution >= 0.6 is 11.6 Å². The normalized spacial score (nSPS) is 10.7. The first-order chi connectivity index (χ1) is 14.4. The van der Waals surface area contributed by atoms with Crippen LogP contribution in [0.3, 0.4) is 0 Å². The van der Waals surface area contributed by atoms with Crippen LogP contribution in [0.1, 0.15) is 21.7 Å². The van der Waals surface area contributed by atoms with Crippen LogP contribution < -0.4 is 5.32 Å². The standard InChI is InChI=1S/C21H17ClF2N2O4/c1-12-18(20(26-30-12)19-15(22)3-2-4-16(19)24)21(28)29-11-17(27)25-10-9-13-5-7-14(23)8-6-13/h2-8H,9-11H2,1H3,(H,25,27). The first-order valence-corrected chi connectivity index (χ1v) is 9.33. The van der Waals surface area contributed by atoms with Gasteiger partial charge in [-0.25, -0.2) is 13.6 Å². The predicted octanol–water partition coefficient (Wildman–Crippen LogP) is 4.10. The number of nitrogens with one attached hydrogen (secondary N) is 1. The maximum atomic E-state index is 14.2. The number of hydrogen-bond donors (Lipinski definition) is 1. The molecule has 3 rings (SSSR count). The Morgan fingerprint density at radius 1 is 1.17 bits per heavy atom. The highest BCUT2D eigenvalue weighted by Crippen LogP contribution is 2.33. The Kier molecular flexibility index (Phi) is 6.79. The van der Waals surface area contributed by atoms with Crippen molar-refractivity contribution in [3.05, 3.63) is 76.0 Å². The number of ether oxygens (including phenoxy) is 1. The van der Waals surface area contributed by atoms with Gasteiger partial charge in [0, 0.05) is 6.54 Å². The lowest BCUT2D eigenvalue weighted by molar-refractivity contribution is -0.124. The number of halogens is 3. The van der Waals surface area contributed by atoms with E-state index < -0.39 is 24.3 Å². The Balaban J connectivity index is 1.59. The van der Waals surface area contributed by atoms with Gasteiger partial charge >= 0.3 is 5.97 Å². The molecular weight excluding hydrogens is 418 g/mol. The fraction of sp³-hybridized carbons (Fsp3) is 0.190. The lowest BCUT2D eigenvalue weighted by Crippen LogP contribution is -2.30. The molecule has 0 aliphatic carbocycles. The molecule has 1 heterocycles. The molecule has 0 aliphatic rings. The van der Waals surface area contributed by atoms with Crippen LogP contribution in [0.25, 0.3) is 11.3 Å². The van der Waals surface area contributed by atoms with Gasteiger partial charge in [0.1, 0.15) is 28.7 Å². The SMILES string of the molecule is Cc1onc(-c2c(F)cccc2Cl)c1C(=O)OCC(=O)NCCc1ccc(F)cc1. The van der Waals surface area contributed by atoms with E-state index in [0.29, 0.717) is 6.42 Å². The fourth-order valence-corrected chi connectivity index (χ4v) is 3.01. The zero-order valence-electron chi connectivity index (χ0n) is 15.9. The molecule has 0 saturated carbocycles. The second-order valence-corrected chi connectivity index (χ2v) is 6.77. The van der Waals surface area contributed by atoms with Crippen molar-refractivity contribution in [3.8, 4) is 11.3 Å². The van der Waals surface area contributed by atoms with E-state index in [1.807, 2.05) is 0 Å². The Bertz CT molecular complexity index is 1050. The Morgan fingerprint density at radius 2 is 1.90 bits per heavy atom. The van der Waals surface area contributed by atoms with Crippen LogP contribution in [0.15, 0.2) is 47.0 Å². The highest BCUT2D eigenvalue weighted by molar-refractivity contribution is 6.33. The summed E-state index contributed by atoms with van der Waals surface area (Å²) in [4.78, 5) is 24.4. The fourth-order valence-electron chi connectivity index (χ4n) is 2.76. The van der Waals surface area contributed by atoms with Gasteiger partial charge in [-0.1, -0.05) is 35.0 Å². The minimum Gasteiger partial charge on any atom is -0.452 e. The summed E-state index contributed by atoms with van der Waals surface area (Å²) in [6.07, 6.45) is 0.487. The molecule has 1 N–H and O–H groups in total. The van der Waals surface area contributed by atoms with Gasteiger partial charge in [0.2, 0.25) is 0 Å². The molecule has 2 aromatic carbocycles. The second kappa shape index (κ2) is 9.49. The van der Waals surface area contributed by atoms with E-state index in [-0.39, 0.29) is 40.0 Å². The van der Waals surface area contributed by atoms with Gasteiger partial charge in [0.15, 0.2) is 6.61 Å². The van der Waals surface area contributed by atoms with Crippen molar-refractivity contribution in [2.45, 2.75) is 13.3 Å². The molecule has 0 radical (unpaired) electrons. The average molecular weight is 435 g/mol. The molecule has 156 valence electrons. The summed E-state index contributed by atoms with van der Waals surface area (Å²) in [5, 5.41) is 6.36. The summed E-state index contributed by atoms with van der Waals surface area (Å²) in [5.41, 5.74) is 0.547. The number of carbonyl (C=O) groups excluding carboxylic acids is 2. The predicted molar refractivity (Wildman–Crippen MR) is 105 cm³/mol. The van der Waals surface area contributed by atoms with E-state index >= 15 is 0 Å². The number of benzene rings is 2. The number of aryl methyl sites for hydroxylation is 1. The topological polar surface area (TPSA) is 81.4 Å². The van der Waals surface area contributed by atoms with Gasteiger partial charge in [-0.05, 0) is 43.2 Å². The second-order valence-electron chi connectivity index (χ2n) is 6.36. The van der Waals surface area contributed by atoms with Gasteiger partial charge in [-0.2, -0.15) is 0 Å². The molecule has 9 heteroatoms. The first-order valence-electron chi connectivity index (χ1n) is 8.95. The highest BCUT2D eigenvalue weighted by atomic mass is 35.5. The Morgan fingerprint density at radius 3 is 2.60 bits per heavy atom. The smallest absolute Gasteiger partial charge is 0.344 e. The molecule has 1 aromatic heterocycles. The summed E-state index contributed by atoms with van der Waals surface area (Å²) in [7, 11) is 0. The lowest BCUT2D eigenvalue weighted by Gasteiger charge is -2.08. The molecule has 0 aliphatic heterocycles. The maximum absolute atomic E-state index is 14.2. The van der Waals surface area contributed by atoms with E-state index in [0.717, 1.165) is 5.56 Å². The molecule has 0 bridgehead atoms. The van der Waals surface area contributed by atoms with Gasteiger partial charge in [0.25, 0.3) is 5.91 Å². The van der Waals surface area contributed by atoms with E-state index in [1.54, 1.807) is 12.1 Å². The van der Waals surface area contributed by atoms with Gasteiger partial charge in [0.05, 0.1) is 10.6 Å².